The summed E-state index contributed by atoms with van der Waals surface area (Å²) in [6, 6.07) is 22.1. The van der Waals surface area contributed by atoms with E-state index in [0.717, 1.165) is 18.1 Å². The summed E-state index contributed by atoms with van der Waals surface area (Å²) in [5.41, 5.74) is 2.45. The predicted octanol–water partition coefficient (Wildman–Crippen LogP) is 4.48. The molecule has 3 aromatic rings. The lowest BCUT2D eigenvalue weighted by Crippen LogP contribution is -2.49. The van der Waals surface area contributed by atoms with Crippen LogP contribution in [-0.2, 0) is 0 Å². The number of piperazine rings is 1. The molecular formula is C22H21ClN2O2. The third kappa shape index (κ3) is 3.92. The van der Waals surface area contributed by atoms with Gasteiger partial charge in [0.2, 0.25) is 0 Å². The minimum atomic E-state index is -0.0394. The van der Waals surface area contributed by atoms with Crippen molar-refractivity contribution in [2.75, 3.05) is 26.2 Å². The molecule has 1 fully saturated rings. The maximum absolute atomic E-state index is 12.5. The van der Waals surface area contributed by atoms with Gasteiger partial charge in [0.15, 0.2) is 5.76 Å². The highest BCUT2D eigenvalue weighted by atomic mass is 35.5. The number of amides is 1. The van der Waals surface area contributed by atoms with Crippen molar-refractivity contribution in [2.24, 2.45) is 0 Å². The Morgan fingerprint density at radius 2 is 1.52 bits per heavy atom. The Hall–Kier alpha value is -2.56. The van der Waals surface area contributed by atoms with E-state index in [1.165, 1.54) is 17.4 Å². The Kier molecular flexibility index (Phi) is 5.28. The van der Waals surface area contributed by atoms with Gasteiger partial charge in [0, 0.05) is 31.2 Å². The summed E-state index contributed by atoms with van der Waals surface area (Å²) in [6.45, 7) is 2.95. The van der Waals surface area contributed by atoms with Gasteiger partial charge in [-0.2, -0.15) is 0 Å². The van der Waals surface area contributed by atoms with Gasteiger partial charge in [-0.25, -0.2) is 0 Å². The SMILES string of the molecule is O=C(c1ccco1)N1CCN(C(c2ccccc2)c2ccc(Cl)cc2)CC1. The van der Waals surface area contributed by atoms with Crippen LogP contribution in [0.1, 0.15) is 27.7 Å². The molecule has 0 spiro atoms. The average Bonchev–Trinajstić information content (AvgIpc) is 3.25. The van der Waals surface area contributed by atoms with E-state index in [1.54, 1.807) is 12.1 Å². The summed E-state index contributed by atoms with van der Waals surface area (Å²) in [5.74, 6) is 0.364. The fourth-order valence-corrected chi connectivity index (χ4v) is 3.76. The second-order valence-corrected chi connectivity index (χ2v) is 7.11. The smallest absolute Gasteiger partial charge is 0.289 e. The number of nitrogens with zero attached hydrogens (tertiary/aromatic N) is 2. The number of benzene rings is 2. The summed E-state index contributed by atoms with van der Waals surface area (Å²) < 4.78 is 5.26. The average molecular weight is 381 g/mol. The van der Waals surface area contributed by atoms with Crippen molar-refractivity contribution < 1.29 is 9.21 Å². The van der Waals surface area contributed by atoms with Crippen molar-refractivity contribution in [3.63, 3.8) is 0 Å². The maximum atomic E-state index is 12.5. The van der Waals surface area contributed by atoms with E-state index in [1.807, 2.05) is 23.1 Å². The first-order valence-corrected chi connectivity index (χ1v) is 9.47. The first-order valence-electron chi connectivity index (χ1n) is 9.09. The zero-order valence-electron chi connectivity index (χ0n) is 14.9. The molecule has 138 valence electrons. The van der Waals surface area contributed by atoms with Gasteiger partial charge in [0.25, 0.3) is 5.91 Å². The number of hydrogen-bond acceptors (Lipinski definition) is 3. The molecule has 1 atom stereocenters. The van der Waals surface area contributed by atoms with Crippen LogP contribution in [0.15, 0.2) is 77.4 Å². The third-order valence-corrected chi connectivity index (χ3v) is 5.25. The highest BCUT2D eigenvalue weighted by molar-refractivity contribution is 6.30. The van der Waals surface area contributed by atoms with Crippen LogP contribution < -0.4 is 0 Å². The maximum Gasteiger partial charge on any atom is 0.289 e. The van der Waals surface area contributed by atoms with Crippen LogP contribution in [0.4, 0.5) is 0 Å². The fourth-order valence-electron chi connectivity index (χ4n) is 3.63. The van der Waals surface area contributed by atoms with Gasteiger partial charge < -0.3 is 9.32 Å². The molecule has 2 aromatic carbocycles. The Balaban J connectivity index is 1.54. The quantitative estimate of drug-likeness (QED) is 0.669. The molecule has 4 nitrogen and oxygen atoms in total. The molecule has 0 radical (unpaired) electrons. The summed E-state index contributed by atoms with van der Waals surface area (Å²) >= 11 is 6.08. The molecule has 1 aliphatic rings. The lowest BCUT2D eigenvalue weighted by Gasteiger charge is -2.39. The van der Waals surface area contributed by atoms with Crippen molar-refractivity contribution in [2.45, 2.75) is 6.04 Å². The Bertz CT molecular complexity index is 870. The van der Waals surface area contributed by atoms with Crippen molar-refractivity contribution in [3.05, 3.63) is 94.9 Å². The molecule has 1 aliphatic heterocycles. The van der Waals surface area contributed by atoms with Crippen molar-refractivity contribution in [1.29, 1.82) is 0 Å². The second kappa shape index (κ2) is 7.99. The van der Waals surface area contributed by atoms with Gasteiger partial charge in [-0.1, -0.05) is 54.1 Å². The zero-order valence-corrected chi connectivity index (χ0v) is 15.7. The second-order valence-electron chi connectivity index (χ2n) is 6.67. The number of rotatable bonds is 4. The van der Waals surface area contributed by atoms with E-state index in [4.69, 9.17) is 16.0 Å². The van der Waals surface area contributed by atoms with E-state index in [9.17, 15) is 4.79 Å². The topological polar surface area (TPSA) is 36.7 Å². The van der Waals surface area contributed by atoms with Gasteiger partial charge in [-0.3, -0.25) is 9.69 Å². The normalized spacial score (nSPS) is 16.3. The first-order chi connectivity index (χ1) is 13.2. The Labute approximate surface area is 164 Å². The lowest BCUT2D eigenvalue weighted by atomic mass is 9.96. The van der Waals surface area contributed by atoms with Crippen molar-refractivity contribution >= 4 is 17.5 Å². The molecule has 1 amide bonds. The number of carbonyl (C=O) groups excluding carboxylic acids is 1. The minimum Gasteiger partial charge on any atom is -0.459 e. The van der Waals surface area contributed by atoms with E-state index in [2.05, 4.69) is 41.3 Å². The molecule has 0 bridgehead atoms. The summed E-state index contributed by atoms with van der Waals surface area (Å²) in [7, 11) is 0. The number of carbonyl (C=O) groups is 1. The molecule has 1 aromatic heterocycles. The first kappa shape index (κ1) is 17.8. The van der Waals surface area contributed by atoms with Crippen LogP contribution >= 0.6 is 11.6 Å². The molecule has 1 unspecified atom stereocenters. The molecular weight excluding hydrogens is 360 g/mol. The molecule has 4 rings (SSSR count). The number of furan rings is 1. The van der Waals surface area contributed by atoms with Gasteiger partial charge in [-0.05, 0) is 35.4 Å². The molecule has 2 heterocycles. The van der Waals surface area contributed by atoms with Crippen LogP contribution in [0.5, 0.6) is 0 Å². The highest BCUT2D eigenvalue weighted by Gasteiger charge is 2.29. The molecule has 27 heavy (non-hydrogen) atoms. The lowest BCUT2D eigenvalue weighted by molar-refractivity contribution is 0.0568. The van der Waals surface area contributed by atoms with E-state index >= 15 is 0 Å². The highest BCUT2D eigenvalue weighted by Crippen LogP contribution is 2.30. The van der Waals surface area contributed by atoms with Crippen molar-refractivity contribution in [1.82, 2.24) is 9.80 Å². The zero-order chi connectivity index (χ0) is 18.6. The minimum absolute atomic E-state index is 0.0394. The molecule has 0 saturated carbocycles. The van der Waals surface area contributed by atoms with Crippen molar-refractivity contribution in [3.8, 4) is 0 Å². The van der Waals surface area contributed by atoms with Gasteiger partial charge in [0.1, 0.15) is 0 Å². The van der Waals surface area contributed by atoms with Crippen LogP contribution in [0.3, 0.4) is 0 Å². The third-order valence-electron chi connectivity index (χ3n) is 5.00. The van der Waals surface area contributed by atoms with E-state index in [-0.39, 0.29) is 11.9 Å². The van der Waals surface area contributed by atoms with E-state index in [0.29, 0.717) is 18.8 Å². The molecule has 0 aliphatic carbocycles. The summed E-state index contributed by atoms with van der Waals surface area (Å²) in [4.78, 5) is 16.8. The monoisotopic (exact) mass is 380 g/mol. The fraction of sp³-hybridized carbons (Fsp3) is 0.227. The largest absolute Gasteiger partial charge is 0.459 e. The summed E-state index contributed by atoms with van der Waals surface area (Å²) in [5, 5.41) is 0.736. The van der Waals surface area contributed by atoms with Crippen LogP contribution in [0.25, 0.3) is 0 Å². The number of hydrogen-bond donors (Lipinski definition) is 0. The molecule has 5 heteroatoms. The Morgan fingerprint density at radius 1 is 0.852 bits per heavy atom. The van der Waals surface area contributed by atoms with Gasteiger partial charge in [0.05, 0.1) is 12.3 Å². The Morgan fingerprint density at radius 3 is 2.15 bits per heavy atom. The standard InChI is InChI=1S/C22H21ClN2O2/c23-19-10-8-18(9-11-19)21(17-5-2-1-3-6-17)24-12-14-25(15-13-24)22(26)20-7-4-16-27-20/h1-11,16,21H,12-15H2. The van der Waals surface area contributed by atoms with Crippen LogP contribution in [-0.4, -0.2) is 41.9 Å². The van der Waals surface area contributed by atoms with Gasteiger partial charge >= 0.3 is 0 Å². The van der Waals surface area contributed by atoms with Gasteiger partial charge in [-0.15, -0.1) is 0 Å². The summed E-state index contributed by atoms with van der Waals surface area (Å²) in [6.07, 6.45) is 1.54. The molecule has 1 saturated heterocycles. The number of halogens is 1. The van der Waals surface area contributed by atoms with Crippen LogP contribution in [0, 0.1) is 0 Å². The molecule has 0 N–H and O–H groups in total. The van der Waals surface area contributed by atoms with Crippen LogP contribution in [0.2, 0.25) is 5.02 Å². The van der Waals surface area contributed by atoms with E-state index < -0.39 is 0 Å². The predicted molar refractivity (Wildman–Crippen MR) is 106 cm³/mol.